The average molecular weight is 475 g/mol. The van der Waals surface area contributed by atoms with Gasteiger partial charge in [-0.2, -0.15) is 0 Å². The molecule has 1 fully saturated rings. The minimum Gasteiger partial charge on any atom is -0.497 e. The molecule has 0 aromatic heterocycles. The second-order valence-corrected chi connectivity index (χ2v) is 8.20. The molecule has 8 nitrogen and oxygen atoms in total. The molecule has 180 valence electrons. The lowest BCUT2D eigenvalue weighted by atomic mass is 10.1. The van der Waals surface area contributed by atoms with E-state index in [1.165, 1.54) is 0 Å². The maximum Gasteiger partial charge on any atom is 0.311 e. The van der Waals surface area contributed by atoms with Crippen molar-refractivity contribution >= 4 is 29.2 Å². The molecule has 3 aromatic rings. The fourth-order valence-corrected chi connectivity index (χ4v) is 3.68. The zero-order valence-electron chi connectivity index (χ0n) is 19.5. The Kier molecular flexibility index (Phi) is 7.30. The van der Waals surface area contributed by atoms with E-state index in [1.54, 1.807) is 60.5 Å². The Morgan fingerprint density at radius 2 is 1.51 bits per heavy atom. The van der Waals surface area contributed by atoms with Gasteiger partial charge in [0.25, 0.3) is 5.91 Å². The summed E-state index contributed by atoms with van der Waals surface area (Å²) in [4.78, 5) is 38.6. The first-order chi connectivity index (χ1) is 16.9. The number of benzene rings is 3. The topological polar surface area (TPSA) is 94.2 Å². The van der Waals surface area contributed by atoms with Gasteiger partial charge in [0.2, 0.25) is 5.91 Å². The lowest BCUT2D eigenvalue weighted by Gasteiger charge is -2.17. The van der Waals surface area contributed by atoms with Crippen LogP contribution in [0.5, 0.6) is 17.2 Å². The summed E-state index contributed by atoms with van der Waals surface area (Å²) in [5.41, 5.74) is 2.37. The van der Waals surface area contributed by atoms with Crippen molar-refractivity contribution in [1.29, 1.82) is 0 Å². The van der Waals surface area contributed by atoms with E-state index in [0.717, 1.165) is 11.3 Å². The number of hydrogen-bond donors (Lipinski definition) is 1. The van der Waals surface area contributed by atoms with Gasteiger partial charge in [-0.25, -0.2) is 0 Å². The average Bonchev–Trinajstić information content (AvgIpc) is 3.26. The highest BCUT2D eigenvalue weighted by atomic mass is 16.5. The van der Waals surface area contributed by atoms with Crippen molar-refractivity contribution in [2.45, 2.75) is 13.3 Å². The first-order valence-electron chi connectivity index (χ1n) is 11.2. The predicted molar refractivity (Wildman–Crippen MR) is 131 cm³/mol. The summed E-state index contributed by atoms with van der Waals surface area (Å²) < 4.78 is 16.1. The van der Waals surface area contributed by atoms with E-state index in [-0.39, 0.29) is 18.9 Å². The zero-order chi connectivity index (χ0) is 24.8. The van der Waals surface area contributed by atoms with Crippen molar-refractivity contribution in [3.8, 4) is 17.2 Å². The highest BCUT2D eigenvalue weighted by Crippen LogP contribution is 2.29. The summed E-state index contributed by atoms with van der Waals surface area (Å²) in [6, 6.07) is 21.6. The van der Waals surface area contributed by atoms with Gasteiger partial charge in [0, 0.05) is 24.3 Å². The van der Waals surface area contributed by atoms with Crippen molar-refractivity contribution in [3.05, 3.63) is 78.4 Å². The minimum atomic E-state index is -0.639. The molecular weight excluding hydrogens is 448 g/mol. The van der Waals surface area contributed by atoms with Gasteiger partial charge >= 0.3 is 5.97 Å². The summed E-state index contributed by atoms with van der Waals surface area (Å²) in [6.45, 7) is 1.77. The van der Waals surface area contributed by atoms with E-state index < -0.39 is 24.4 Å². The van der Waals surface area contributed by atoms with Crippen molar-refractivity contribution in [2.24, 2.45) is 5.92 Å². The molecule has 1 N–H and O–H groups in total. The Balaban J connectivity index is 1.27. The predicted octanol–water partition coefficient (Wildman–Crippen LogP) is 4.33. The highest BCUT2D eigenvalue weighted by molar-refractivity contribution is 6.00. The number of methoxy groups -OCH3 is 1. The van der Waals surface area contributed by atoms with E-state index in [2.05, 4.69) is 5.32 Å². The molecular formula is C27H26N2O6. The third-order valence-electron chi connectivity index (χ3n) is 5.58. The van der Waals surface area contributed by atoms with E-state index in [0.29, 0.717) is 22.9 Å². The van der Waals surface area contributed by atoms with Crippen LogP contribution in [0.15, 0.2) is 72.8 Å². The number of carbonyl (C=O) groups excluding carboxylic acids is 3. The fourth-order valence-electron chi connectivity index (χ4n) is 3.68. The maximum absolute atomic E-state index is 12.5. The van der Waals surface area contributed by atoms with Crippen LogP contribution < -0.4 is 19.7 Å². The van der Waals surface area contributed by atoms with Crippen LogP contribution in [0, 0.1) is 12.8 Å². The molecule has 0 bridgehead atoms. The first-order valence-corrected chi connectivity index (χ1v) is 11.2. The van der Waals surface area contributed by atoms with Crippen molar-refractivity contribution in [3.63, 3.8) is 0 Å². The third kappa shape index (κ3) is 6.17. The number of anilines is 2. The van der Waals surface area contributed by atoms with Gasteiger partial charge in [-0.1, -0.05) is 17.7 Å². The van der Waals surface area contributed by atoms with Crippen LogP contribution in [0.1, 0.15) is 12.0 Å². The van der Waals surface area contributed by atoms with Gasteiger partial charge in [0.05, 0.1) is 13.0 Å². The van der Waals surface area contributed by atoms with E-state index in [9.17, 15) is 14.4 Å². The molecule has 3 aromatic carbocycles. The van der Waals surface area contributed by atoms with Crippen LogP contribution in [0.4, 0.5) is 11.4 Å². The molecule has 1 atom stereocenters. The molecule has 0 spiro atoms. The van der Waals surface area contributed by atoms with Crippen LogP contribution in [0.25, 0.3) is 0 Å². The summed E-state index contributed by atoms with van der Waals surface area (Å²) in [5, 5.41) is 2.65. The molecule has 1 heterocycles. The second kappa shape index (κ2) is 10.7. The van der Waals surface area contributed by atoms with E-state index >= 15 is 0 Å². The van der Waals surface area contributed by atoms with Gasteiger partial charge < -0.3 is 24.4 Å². The zero-order valence-corrected chi connectivity index (χ0v) is 19.5. The second-order valence-electron chi connectivity index (χ2n) is 8.20. The summed E-state index contributed by atoms with van der Waals surface area (Å²) in [5.74, 6) is 0.168. The quantitative estimate of drug-likeness (QED) is 0.489. The number of amides is 2. The number of nitrogens with one attached hydrogen (secondary N) is 1. The molecule has 1 aliphatic rings. The normalized spacial score (nSPS) is 15.0. The Morgan fingerprint density at radius 3 is 2.14 bits per heavy atom. The maximum atomic E-state index is 12.5. The van der Waals surface area contributed by atoms with Crippen LogP contribution in [0.2, 0.25) is 0 Å². The van der Waals surface area contributed by atoms with E-state index in [4.69, 9.17) is 14.2 Å². The molecule has 0 unspecified atom stereocenters. The van der Waals surface area contributed by atoms with Crippen LogP contribution in [0.3, 0.4) is 0 Å². The Morgan fingerprint density at radius 1 is 0.914 bits per heavy atom. The Hall–Kier alpha value is -4.33. The first kappa shape index (κ1) is 23.8. The molecule has 1 saturated heterocycles. The van der Waals surface area contributed by atoms with Gasteiger partial charge in [-0.15, -0.1) is 0 Å². The number of hydrogen-bond acceptors (Lipinski definition) is 6. The van der Waals surface area contributed by atoms with Gasteiger partial charge in [0.1, 0.15) is 17.2 Å². The number of aryl methyl sites for hydroxylation is 1. The third-order valence-corrected chi connectivity index (χ3v) is 5.58. The molecule has 0 radical (unpaired) electrons. The fraction of sp³-hybridized carbons (Fsp3) is 0.222. The SMILES string of the molecule is COc1ccc(NC(=O)COC(=O)[C@H]2CC(=O)N(c3ccc(Oc4ccc(C)cc4)cc3)C2)cc1. The van der Waals surface area contributed by atoms with Gasteiger partial charge in [0.15, 0.2) is 6.61 Å². The van der Waals surface area contributed by atoms with Crippen LogP contribution in [-0.4, -0.2) is 38.0 Å². The largest absolute Gasteiger partial charge is 0.497 e. The van der Waals surface area contributed by atoms with E-state index in [1.807, 2.05) is 31.2 Å². The molecule has 1 aliphatic heterocycles. The number of esters is 1. The smallest absolute Gasteiger partial charge is 0.311 e. The van der Waals surface area contributed by atoms with Gasteiger partial charge in [-0.05, 0) is 67.6 Å². The number of nitrogens with zero attached hydrogens (tertiary/aromatic N) is 1. The summed E-state index contributed by atoms with van der Waals surface area (Å²) >= 11 is 0. The monoisotopic (exact) mass is 474 g/mol. The summed E-state index contributed by atoms with van der Waals surface area (Å²) in [6.07, 6.45) is 0.0283. The van der Waals surface area contributed by atoms with Crippen molar-refractivity contribution in [1.82, 2.24) is 0 Å². The molecule has 35 heavy (non-hydrogen) atoms. The minimum absolute atomic E-state index is 0.0283. The molecule has 0 saturated carbocycles. The standard InChI is InChI=1S/C27H26N2O6/c1-18-3-9-23(10-4-18)35-24-13-7-21(8-14-24)29-16-19(15-26(29)31)27(32)34-17-25(30)28-20-5-11-22(33-2)12-6-20/h3-14,19H,15-17H2,1-2H3,(H,28,30)/t19-/m0/s1. The molecule has 2 amide bonds. The van der Waals surface area contributed by atoms with Crippen molar-refractivity contribution < 1.29 is 28.6 Å². The Labute approximate surface area is 203 Å². The number of carbonyl (C=O) groups is 3. The van der Waals surface area contributed by atoms with Crippen molar-refractivity contribution in [2.75, 3.05) is 30.5 Å². The van der Waals surface area contributed by atoms with Gasteiger partial charge in [-0.3, -0.25) is 14.4 Å². The molecule has 4 rings (SSSR count). The lowest BCUT2D eigenvalue weighted by Crippen LogP contribution is -2.28. The molecule has 0 aliphatic carbocycles. The van der Waals surface area contributed by atoms with Crippen LogP contribution >= 0.6 is 0 Å². The number of rotatable bonds is 8. The summed E-state index contributed by atoms with van der Waals surface area (Å²) in [7, 11) is 1.55. The van der Waals surface area contributed by atoms with Crippen LogP contribution in [-0.2, 0) is 19.1 Å². The Bertz CT molecular complexity index is 1190. The molecule has 8 heteroatoms. The number of ether oxygens (including phenoxy) is 3. The highest BCUT2D eigenvalue weighted by Gasteiger charge is 2.36. The lowest BCUT2D eigenvalue weighted by molar-refractivity contribution is -0.151.